The van der Waals surface area contributed by atoms with E-state index in [0.717, 1.165) is 0 Å². The molecule has 0 saturated carbocycles. The molecule has 5 N–H and O–H groups in total. The van der Waals surface area contributed by atoms with Gasteiger partial charge in [-0.05, 0) is 6.07 Å². The van der Waals surface area contributed by atoms with Crippen molar-refractivity contribution in [1.82, 2.24) is 4.98 Å². The van der Waals surface area contributed by atoms with E-state index in [1.54, 1.807) is 0 Å². The monoisotopic (exact) mass is 216 g/mol. The van der Waals surface area contributed by atoms with Crippen molar-refractivity contribution in [2.24, 2.45) is 10.1 Å². The lowest BCUT2D eigenvalue weighted by atomic mass is 10.4. The molecular weight excluding hydrogens is 208 g/mol. The summed E-state index contributed by atoms with van der Waals surface area (Å²) in [6, 6.07) is 1.52. The van der Waals surface area contributed by atoms with Crippen molar-refractivity contribution >= 4 is 21.7 Å². The van der Waals surface area contributed by atoms with Crippen LogP contribution in [0.3, 0.4) is 0 Å². The number of anilines is 1. The summed E-state index contributed by atoms with van der Waals surface area (Å²) in [7, 11) is -3.65. The fourth-order valence-corrected chi connectivity index (χ4v) is 2.02. The summed E-state index contributed by atoms with van der Waals surface area (Å²) in [6.07, 6.45) is 2.70. The van der Waals surface area contributed by atoms with Crippen molar-refractivity contribution in [3.8, 4) is 0 Å². The molecule has 0 aromatic carbocycles. The number of nitrogens with two attached hydrogens (primary N) is 1. The van der Waals surface area contributed by atoms with Crippen LogP contribution in [0.1, 0.15) is 0 Å². The van der Waals surface area contributed by atoms with Crippen LogP contribution in [0.15, 0.2) is 27.8 Å². The van der Waals surface area contributed by atoms with Crippen LogP contribution < -0.4 is 11.1 Å². The van der Waals surface area contributed by atoms with E-state index < -0.39 is 10.0 Å². The second-order valence-corrected chi connectivity index (χ2v) is 4.02. The zero-order valence-electron chi connectivity index (χ0n) is 6.93. The Kier molecular flexibility index (Phi) is 2.41. The van der Waals surface area contributed by atoms with E-state index in [-0.39, 0.29) is 16.3 Å². The Morgan fingerprint density at radius 1 is 1.43 bits per heavy atom. The van der Waals surface area contributed by atoms with Crippen molar-refractivity contribution in [2.75, 3.05) is 5.32 Å². The number of aromatic nitrogens is 1. The van der Waals surface area contributed by atoms with Crippen LogP contribution in [0.4, 0.5) is 5.69 Å². The zero-order chi connectivity index (χ0) is 9.47. The summed E-state index contributed by atoms with van der Waals surface area (Å²) in [5.74, 6) is -0.126. The number of nitrogens with one attached hydrogen (secondary N) is 1. The van der Waals surface area contributed by atoms with Crippen LogP contribution in [0, 0.1) is 0 Å². The fourth-order valence-electron chi connectivity index (χ4n) is 1.03. The average molecular weight is 216 g/mol. The Morgan fingerprint density at radius 2 is 2.14 bits per heavy atom. The number of rotatable bonds is 0. The largest absolute Gasteiger partial charge is 0.412 e. The van der Waals surface area contributed by atoms with Crippen molar-refractivity contribution in [3.63, 3.8) is 0 Å². The molecule has 0 fully saturated rings. The minimum Gasteiger partial charge on any atom is -0.412 e. The number of hydrogen-bond acceptors (Lipinski definition) is 5. The molecule has 0 spiro atoms. The van der Waals surface area contributed by atoms with Gasteiger partial charge in [-0.3, -0.25) is 4.98 Å². The minimum absolute atomic E-state index is 0. The number of fused-ring (bicyclic) bond motifs is 1. The van der Waals surface area contributed by atoms with Gasteiger partial charge in [0.1, 0.15) is 4.90 Å². The lowest BCUT2D eigenvalue weighted by molar-refractivity contribution is 0.597. The van der Waals surface area contributed by atoms with Gasteiger partial charge < -0.3 is 16.5 Å². The highest BCUT2D eigenvalue weighted by atomic mass is 32.2. The van der Waals surface area contributed by atoms with Crippen LogP contribution in [0.25, 0.3) is 0 Å². The minimum atomic E-state index is -3.65. The van der Waals surface area contributed by atoms with Gasteiger partial charge in [0.15, 0.2) is 0 Å². The Hall–Kier alpha value is -1.67. The predicted octanol–water partition coefficient (Wildman–Crippen LogP) is -1.31. The molecule has 0 unspecified atom stereocenters. The molecule has 7 nitrogen and oxygen atoms in total. The molecular formula is C6H8N4O3S. The normalized spacial score (nSPS) is 17.0. The standard InChI is InChI=1S/C6H6N4O2S.H2O/c7-6-9-4-1-2-8-3-5(4)13(11,12)10-6;/h1-3H,(H3,7,9,10);1H2. The van der Waals surface area contributed by atoms with E-state index in [2.05, 4.69) is 14.7 Å². The van der Waals surface area contributed by atoms with Gasteiger partial charge in [-0.1, -0.05) is 0 Å². The topological polar surface area (TPSA) is 129 Å². The molecule has 0 atom stereocenters. The van der Waals surface area contributed by atoms with Crippen molar-refractivity contribution in [2.45, 2.75) is 4.90 Å². The SMILES string of the molecule is NC1=NS(=O)(=O)c2cnccc2N1.O. The van der Waals surface area contributed by atoms with Crippen molar-refractivity contribution in [1.29, 1.82) is 0 Å². The molecule has 0 aliphatic carbocycles. The molecule has 0 bridgehead atoms. The van der Waals surface area contributed by atoms with Gasteiger partial charge in [0.25, 0.3) is 10.0 Å². The van der Waals surface area contributed by atoms with Gasteiger partial charge in [0, 0.05) is 12.4 Å². The highest BCUT2D eigenvalue weighted by Crippen LogP contribution is 2.24. The molecule has 1 aliphatic heterocycles. The first-order valence-electron chi connectivity index (χ1n) is 3.41. The summed E-state index contributed by atoms with van der Waals surface area (Å²) >= 11 is 0. The Balaban J connectivity index is 0.000000980. The molecule has 2 rings (SSSR count). The first-order chi connectivity index (χ1) is 6.09. The fraction of sp³-hybridized carbons (Fsp3) is 0. The van der Waals surface area contributed by atoms with Crippen LogP contribution in [-0.4, -0.2) is 24.8 Å². The highest BCUT2D eigenvalue weighted by Gasteiger charge is 2.23. The number of sulfonamides is 1. The predicted molar refractivity (Wildman–Crippen MR) is 50.3 cm³/mol. The summed E-state index contributed by atoms with van der Waals surface area (Å²) in [5.41, 5.74) is 5.67. The number of hydrogen-bond donors (Lipinski definition) is 2. The van der Waals surface area contributed by atoms with Crippen LogP contribution in [0.2, 0.25) is 0 Å². The first kappa shape index (κ1) is 10.4. The van der Waals surface area contributed by atoms with Crippen LogP contribution >= 0.6 is 0 Å². The molecule has 0 saturated heterocycles. The molecule has 76 valence electrons. The van der Waals surface area contributed by atoms with Gasteiger partial charge in [0.2, 0.25) is 5.96 Å². The van der Waals surface area contributed by atoms with Crippen molar-refractivity contribution < 1.29 is 13.9 Å². The van der Waals surface area contributed by atoms with E-state index in [1.165, 1.54) is 18.5 Å². The third-order valence-electron chi connectivity index (χ3n) is 1.54. The van der Waals surface area contributed by atoms with Gasteiger partial charge in [-0.2, -0.15) is 8.42 Å². The number of pyridine rings is 1. The van der Waals surface area contributed by atoms with E-state index in [4.69, 9.17) is 5.73 Å². The Morgan fingerprint density at radius 3 is 2.86 bits per heavy atom. The zero-order valence-corrected chi connectivity index (χ0v) is 7.75. The maximum Gasteiger partial charge on any atom is 0.289 e. The third kappa shape index (κ3) is 1.52. The Bertz CT molecular complexity index is 482. The van der Waals surface area contributed by atoms with Crippen molar-refractivity contribution in [3.05, 3.63) is 18.5 Å². The molecule has 8 heteroatoms. The van der Waals surface area contributed by atoms with E-state index in [1.807, 2.05) is 0 Å². The maximum atomic E-state index is 11.3. The highest BCUT2D eigenvalue weighted by molar-refractivity contribution is 7.90. The third-order valence-corrected chi connectivity index (χ3v) is 2.86. The first-order valence-corrected chi connectivity index (χ1v) is 4.85. The van der Waals surface area contributed by atoms with Gasteiger partial charge in [-0.25, -0.2) is 0 Å². The van der Waals surface area contributed by atoms with E-state index in [9.17, 15) is 8.42 Å². The lowest BCUT2D eigenvalue weighted by Crippen LogP contribution is -2.28. The van der Waals surface area contributed by atoms with Crippen LogP contribution in [0.5, 0.6) is 0 Å². The number of guanidine groups is 1. The second kappa shape index (κ2) is 3.24. The quantitative estimate of drug-likeness (QED) is 0.556. The summed E-state index contributed by atoms with van der Waals surface area (Å²) in [5, 5.41) is 2.62. The molecule has 14 heavy (non-hydrogen) atoms. The maximum absolute atomic E-state index is 11.3. The van der Waals surface area contributed by atoms with E-state index in [0.29, 0.717) is 5.69 Å². The summed E-state index contributed by atoms with van der Waals surface area (Å²) < 4.78 is 25.9. The Labute approximate surface area is 80.0 Å². The summed E-state index contributed by atoms with van der Waals surface area (Å²) in [4.78, 5) is 3.73. The van der Waals surface area contributed by atoms with Crippen LogP contribution in [-0.2, 0) is 10.0 Å². The molecule has 0 amide bonds. The molecule has 1 aromatic rings. The lowest BCUT2D eigenvalue weighted by Gasteiger charge is -2.13. The molecule has 0 radical (unpaired) electrons. The number of nitrogens with zero attached hydrogens (tertiary/aromatic N) is 2. The molecule has 2 heterocycles. The molecule has 1 aromatic heterocycles. The van der Waals surface area contributed by atoms with Gasteiger partial charge in [0.05, 0.1) is 5.69 Å². The summed E-state index contributed by atoms with van der Waals surface area (Å²) in [6.45, 7) is 0. The van der Waals surface area contributed by atoms with E-state index >= 15 is 0 Å². The second-order valence-electron chi connectivity index (χ2n) is 2.45. The average Bonchev–Trinajstić information content (AvgIpc) is 2.02. The smallest absolute Gasteiger partial charge is 0.289 e. The van der Waals surface area contributed by atoms with Gasteiger partial charge >= 0.3 is 0 Å². The van der Waals surface area contributed by atoms with Gasteiger partial charge in [-0.15, -0.1) is 4.40 Å². The molecule has 1 aliphatic rings.